The molecule has 1 aromatic heterocycles. The van der Waals surface area contributed by atoms with Gasteiger partial charge in [-0.1, -0.05) is 23.2 Å². The van der Waals surface area contributed by atoms with Gasteiger partial charge in [-0.15, -0.1) is 0 Å². The third kappa shape index (κ3) is 6.60. The van der Waals surface area contributed by atoms with Crippen molar-refractivity contribution in [3.05, 3.63) is 28.3 Å². The summed E-state index contributed by atoms with van der Waals surface area (Å²) in [6, 6.07) is 2.50. The molecular formula is C6H3Cl2F4N. The van der Waals surface area contributed by atoms with Crippen LogP contribution in [0.5, 0.6) is 0 Å². The first-order chi connectivity index (χ1) is 5.93. The quantitative estimate of drug-likeness (QED) is 0.494. The predicted molar refractivity (Wildman–Crippen MR) is 41.3 cm³/mol. The second-order valence-corrected chi connectivity index (χ2v) is 2.40. The Labute approximate surface area is 81.3 Å². The fourth-order valence-electron chi connectivity index (χ4n) is 0.395. The van der Waals surface area contributed by atoms with Gasteiger partial charge in [0, 0.05) is 0 Å². The van der Waals surface area contributed by atoms with Crippen molar-refractivity contribution in [2.75, 3.05) is 0 Å². The molecule has 0 saturated heterocycles. The van der Waals surface area contributed by atoms with Crippen LogP contribution in [0.25, 0.3) is 0 Å². The number of aromatic nitrogens is 1. The van der Waals surface area contributed by atoms with E-state index in [4.69, 9.17) is 23.2 Å². The fraction of sp³-hybridized carbons (Fsp3) is 0.167. The Morgan fingerprint density at radius 2 is 1.62 bits per heavy atom. The van der Waals surface area contributed by atoms with Crippen LogP contribution < -0.4 is 0 Å². The second kappa shape index (κ2) is 5.99. The summed E-state index contributed by atoms with van der Waals surface area (Å²) in [7, 11) is 0. The van der Waals surface area contributed by atoms with E-state index in [1.165, 1.54) is 6.07 Å². The molecule has 74 valence electrons. The average molecular weight is 236 g/mol. The summed E-state index contributed by atoms with van der Waals surface area (Å²) in [6.45, 7) is -3.67. The van der Waals surface area contributed by atoms with E-state index in [-0.39, 0.29) is 10.3 Å². The summed E-state index contributed by atoms with van der Waals surface area (Å²) in [4.78, 5) is 3.43. The lowest BCUT2D eigenvalue weighted by Crippen LogP contribution is -1.80. The first-order valence-corrected chi connectivity index (χ1v) is 3.59. The van der Waals surface area contributed by atoms with Gasteiger partial charge in [-0.3, -0.25) is 0 Å². The molecule has 0 fully saturated rings. The molecule has 1 heterocycles. The summed E-state index contributed by atoms with van der Waals surface area (Å²) in [5, 5.41) is 0.00361. The van der Waals surface area contributed by atoms with Gasteiger partial charge in [0.2, 0.25) is 0 Å². The smallest absolute Gasteiger partial charge is 0.221 e. The molecule has 0 amide bonds. The third-order valence-electron chi connectivity index (χ3n) is 0.769. The van der Waals surface area contributed by atoms with Crippen molar-refractivity contribution in [2.45, 2.75) is 6.68 Å². The zero-order valence-corrected chi connectivity index (χ0v) is 7.46. The maximum Gasteiger partial charge on any atom is 0.379 e. The average Bonchev–Trinajstić information content (AvgIpc) is 1.96. The molecule has 0 aromatic carbocycles. The molecule has 13 heavy (non-hydrogen) atoms. The Kier molecular flexibility index (Phi) is 5.73. The van der Waals surface area contributed by atoms with Crippen molar-refractivity contribution in [3.8, 4) is 0 Å². The number of nitrogens with zero attached hydrogens (tertiary/aromatic N) is 1. The summed E-state index contributed by atoms with van der Waals surface area (Å²) < 4.78 is 41.2. The van der Waals surface area contributed by atoms with Crippen molar-refractivity contribution in [1.82, 2.24) is 4.98 Å². The van der Waals surface area contributed by atoms with E-state index in [2.05, 4.69) is 4.98 Å². The molecule has 0 atom stereocenters. The van der Waals surface area contributed by atoms with Crippen LogP contribution in [-0.2, 0) is 0 Å². The molecule has 0 radical (unpaired) electrons. The van der Waals surface area contributed by atoms with E-state index in [0.717, 1.165) is 6.07 Å². The predicted octanol–water partition coefficient (Wildman–Crippen LogP) is 3.71. The first-order valence-electron chi connectivity index (χ1n) is 2.83. The van der Waals surface area contributed by atoms with Crippen molar-refractivity contribution >= 4 is 23.2 Å². The summed E-state index contributed by atoms with van der Waals surface area (Å²) in [6.07, 6.45) is 0. The van der Waals surface area contributed by atoms with Crippen LogP contribution in [0.4, 0.5) is 17.6 Å². The molecule has 0 aliphatic carbocycles. The molecule has 0 saturated carbocycles. The largest absolute Gasteiger partial charge is 0.379 e. The summed E-state index contributed by atoms with van der Waals surface area (Å²) in [5.41, 5.74) is 0. The number of hydrogen-bond donors (Lipinski definition) is 0. The van der Waals surface area contributed by atoms with Crippen LogP contribution >= 0.6 is 23.2 Å². The molecule has 1 aromatic rings. The van der Waals surface area contributed by atoms with Gasteiger partial charge in [0.25, 0.3) is 0 Å². The number of hydrogen-bond acceptors (Lipinski definition) is 1. The monoisotopic (exact) mass is 235 g/mol. The van der Waals surface area contributed by atoms with Crippen molar-refractivity contribution < 1.29 is 17.6 Å². The van der Waals surface area contributed by atoms with Crippen LogP contribution in [0.15, 0.2) is 12.1 Å². The van der Waals surface area contributed by atoms with Gasteiger partial charge in [0.05, 0.1) is 0 Å². The SMILES string of the molecule is FC(F)F.Fc1ccc(Cl)nc1Cl. The van der Waals surface area contributed by atoms with Crippen LogP contribution in [-0.4, -0.2) is 11.7 Å². The molecule has 0 unspecified atom stereocenters. The molecule has 0 bridgehead atoms. The fourth-order valence-corrected chi connectivity index (χ4v) is 0.740. The Bertz CT molecular complexity index is 266. The second-order valence-electron chi connectivity index (χ2n) is 1.65. The number of halogens is 6. The zero-order chi connectivity index (χ0) is 10.4. The molecule has 1 rings (SSSR count). The Hall–Kier alpha value is -0.550. The minimum absolute atomic E-state index is 0.192. The summed E-state index contributed by atoms with van der Waals surface area (Å²) in [5.74, 6) is -0.555. The molecule has 0 N–H and O–H groups in total. The topological polar surface area (TPSA) is 12.9 Å². The van der Waals surface area contributed by atoms with Crippen LogP contribution in [0.1, 0.15) is 0 Å². The lowest BCUT2D eigenvalue weighted by Gasteiger charge is -1.90. The summed E-state index contributed by atoms with van der Waals surface area (Å²) >= 11 is 10.6. The standard InChI is InChI=1S/C5H2Cl2FN.CHF3/c6-4-2-1-3(8)5(7)9-4;2-1(3)4/h1-2H;1H. The molecule has 7 heteroatoms. The third-order valence-corrected chi connectivity index (χ3v) is 1.24. The van der Waals surface area contributed by atoms with Crippen molar-refractivity contribution in [1.29, 1.82) is 0 Å². The Morgan fingerprint density at radius 1 is 1.15 bits per heavy atom. The van der Waals surface area contributed by atoms with Gasteiger partial charge < -0.3 is 0 Å². The minimum Gasteiger partial charge on any atom is -0.221 e. The first kappa shape index (κ1) is 12.4. The highest BCUT2D eigenvalue weighted by Crippen LogP contribution is 2.13. The normalized spacial score (nSPS) is 9.46. The van der Waals surface area contributed by atoms with Crippen molar-refractivity contribution in [2.24, 2.45) is 0 Å². The van der Waals surface area contributed by atoms with Gasteiger partial charge in [0.15, 0.2) is 11.0 Å². The van der Waals surface area contributed by atoms with Gasteiger partial charge in [0.1, 0.15) is 5.15 Å². The molecule has 0 aliphatic rings. The Balaban J connectivity index is 0.000000310. The maximum atomic E-state index is 12.2. The van der Waals surface area contributed by atoms with E-state index in [1.54, 1.807) is 0 Å². The highest BCUT2D eigenvalue weighted by Gasteiger charge is 1.98. The molecule has 1 nitrogen and oxygen atoms in total. The van der Waals surface area contributed by atoms with Crippen LogP contribution in [0, 0.1) is 5.82 Å². The number of pyridine rings is 1. The van der Waals surface area contributed by atoms with E-state index in [9.17, 15) is 17.6 Å². The molecule has 0 aliphatic heterocycles. The minimum atomic E-state index is -3.67. The zero-order valence-electron chi connectivity index (χ0n) is 5.95. The van der Waals surface area contributed by atoms with E-state index < -0.39 is 12.5 Å². The van der Waals surface area contributed by atoms with E-state index >= 15 is 0 Å². The lowest BCUT2D eigenvalue weighted by molar-refractivity contribution is 0.00819. The van der Waals surface area contributed by atoms with Gasteiger partial charge in [-0.25, -0.2) is 9.37 Å². The van der Waals surface area contributed by atoms with Gasteiger partial charge >= 0.3 is 6.68 Å². The Morgan fingerprint density at radius 3 is 1.92 bits per heavy atom. The van der Waals surface area contributed by atoms with Crippen LogP contribution in [0.3, 0.4) is 0 Å². The molecule has 0 spiro atoms. The number of rotatable bonds is 0. The highest BCUT2D eigenvalue weighted by molar-refractivity contribution is 6.32. The highest BCUT2D eigenvalue weighted by atomic mass is 35.5. The van der Waals surface area contributed by atoms with E-state index in [1.807, 2.05) is 0 Å². The lowest BCUT2D eigenvalue weighted by atomic mass is 10.5. The number of alkyl halides is 3. The maximum absolute atomic E-state index is 12.2. The van der Waals surface area contributed by atoms with E-state index in [0.29, 0.717) is 0 Å². The van der Waals surface area contributed by atoms with Crippen LogP contribution in [0.2, 0.25) is 10.3 Å². The van der Waals surface area contributed by atoms with Crippen molar-refractivity contribution in [3.63, 3.8) is 0 Å². The van der Waals surface area contributed by atoms with Gasteiger partial charge in [-0.05, 0) is 12.1 Å². The molecular weight excluding hydrogens is 233 g/mol. The van der Waals surface area contributed by atoms with Gasteiger partial charge in [-0.2, -0.15) is 13.2 Å².